The Morgan fingerprint density at radius 1 is 1.14 bits per heavy atom. The van der Waals surface area contributed by atoms with E-state index in [-0.39, 0.29) is 6.04 Å². The van der Waals surface area contributed by atoms with Crippen molar-refractivity contribution in [3.63, 3.8) is 0 Å². The minimum Gasteiger partial charge on any atom is -0.497 e. The first-order valence-electron chi connectivity index (χ1n) is 6.50. The number of methoxy groups -OCH3 is 2. The second-order valence-corrected chi connectivity index (χ2v) is 6.66. The lowest BCUT2D eigenvalue weighted by Crippen LogP contribution is -2.22. The maximum atomic E-state index is 6.32. The lowest BCUT2D eigenvalue weighted by Gasteiger charge is -2.21. The summed E-state index contributed by atoms with van der Waals surface area (Å²) in [5.41, 5.74) is 1.91. The quantitative estimate of drug-likeness (QED) is 0.817. The van der Waals surface area contributed by atoms with Gasteiger partial charge in [0.25, 0.3) is 0 Å². The Morgan fingerprint density at radius 3 is 2.43 bits per heavy atom. The van der Waals surface area contributed by atoms with Crippen molar-refractivity contribution >= 4 is 34.5 Å². The predicted molar refractivity (Wildman–Crippen MR) is 89.4 cm³/mol. The van der Waals surface area contributed by atoms with Crippen molar-refractivity contribution in [3.05, 3.63) is 44.1 Å². The largest absolute Gasteiger partial charge is 0.497 e. The first-order chi connectivity index (χ1) is 10.1. The molecule has 1 aromatic carbocycles. The molecule has 0 aliphatic rings. The third-order valence-electron chi connectivity index (χ3n) is 3.15. The summed E-state index contributed by atoms with van der Waals surface area (Å²) < 4.78 is 12.1. The fraction of sp³-hybridized carbons (Fsp3) is 0.333. The molecule has 0 aliphatic heterocycles. The molecule has 2 aromatic rings. The highest BCUT2D eigenvalue weighted by Gasteiger charge is 2.22. The Balaban J connectivity index is 2.54. The average molecular weight is 346 g/mol. The van der Waals surface area contributed by atoms with Gasteiger partial charge >= 0.3 is 0 Å². The maximum Gasteiger partial charge on any atom is 0.124 e. The fourth-order valence-corrected chi connectivity index (χ4v) is 3.74. The molecule has 0 saturated carbocycles. The first kappa shape index (κ1) is 16.4. The van der Waals surface area contributed by atoms with Crippen LogP contribution in [0, 0.1) is 0 Å². The van der Waals surface area contributed by atoms with Gasteiger partial charge in [-0.3, -0.25) is 0 Å². The predicted octanol–water partition coefficient (Wildman–Crippen LogP) is 4.77. The standard InChI is InChI=1S/C15H17Cl2NO2S/c1-4-18-14(11-8-13(16)21-15(11)17)10-7-9(19-2)5-6-12(10)20-3/h5-8,14,18H,4H2,1-3H3. The van der Waals surface area contributed by atoms with Gasteiger partial charge < -0.3 is 14.8 Å². The number of ether oxygens (including phenoxy) is 2. The maximum absolute atomic E-state index is 6.32. The molecule has 0 aliphatic carbocycles. The van der Waals surface area contributed by atoms with Crippen LogP contribution in [-0.2, 0) is 0 Å². The molecule has 1 heterocycles. The molecule has 0 saturated heterocycles. The van der Waals surface area contributed by atoms with Crippen LogP contribution in [0.4, 0.5) is 0 Å². The minimum atomic E-state index is -0.101. The third kappa shape index (κ3) is 3.64. The molecule has 6 heteroatoms. The molecule has 2 rings (SSSR count). The summed E-state index contributed by atoms with van der Waals surface area (Å²) in [5, 5.41) is 3.42. The van der Waals surface area contributed by atoms with Crippen LogP contribution in [-0.4, -0.2) is 20.8 Å². The number of rotatable bonds is 6. The van der Waals surface area contributed by atoms with E-state index in [9.17, 15) is 0 Å². The fourth-order valence-electron chi connectivity index (χ4n) is 2.21. The van der Waals surface area contributed by atoms with Gasteiger partial charge in [-0.15, -0.1) is 11.3 Å². The summed E-state index contributed by atoms with van der Waals surface area (Å²) in [6, 6.07) is 7.50. The summed E-state index contributed by atoms with van der Waals surface area (Å²) in [4.78, 5) is 0. The number of nitrogens with one attached hydrogen (secondary N) is 1. The summed E-state index contributed by atoms with van der Waals surface area (Å²) in [6.07, 6.45) is 0. The molecule has 0 fully saturated rings. The molecule has 0 amide bonds. The van der Waals surface area contributed by atoms with E-state index in [0.717, 1.165) is 29.2 Å². The van der Waals surface area contributed by atoms with Crippen LogP contribution in [0.2, 0.25) is 8.67 Å². The van der Waals surface area contributed by atoms with Gasteiger partial charge in [-0.05, 0) is 30.8 Å². The highest BCUT2D eigenvalue weighted by atomic mass is 35.5. The highest BCUT2D eigenvalue weighted by molar-refractivity contribution is 7.20. The number of hydrogen-bond donors (Lipinski definition) is 1. The SMILES string of the molecule is CCNC(c1cc(OC)ccc1OC)c1cc(Cl)sc1Cl. The van der Waals surface area contributed by atoms with Crippen molar-refractivity contribution in [3.8, 4) is 11.5 Å². The number of hydrogen-bond acceptors (Lipinski definition) is 4. The van der Waals surface area contributed by atoms with Crippen LogP contribution in [0.5, 0.6) is 11.5 Å². The number of halogens is 2. The molecule has 0 spiro atoms. The van der Waals surface area contributed by atoms with Gasteiger partial charge in [0.05, 0.1) is 28.9 Å². The van der Waals surface area contributed by atoms with Gasteiger partial charge in [-0.2, -0.15) is 0 Å². The lowest BCUT2D eigenvalue weighted by atomic mass is 9.99. The third-order valence-corrected chi connectivity index (χ3v) is 4.67. The Hall–Kier alpha value is -0.940. The molecule has 1 aromatic heterocycles. The average Bonchev–Trinajstić information content (AvgIpc) is 2.82. The van der Waals surface area contributed by atoms with E-state index in [0.29, 0.717) is 8.67 Å². The van der Waals surface area contributed by atoms with Crippen molar-refractivity contribution in [2.24, 2.45) is 0 Å². The highest BCUT2D eigenvalue weighted by Crippen LogP contribution is 2.40. The van der Waals surface area contributed by atoms with E-state index in [1.54, 1.807) is 14.2 Å². The summed E-state index contributed by atoms with van der Waals surface area (Å²) in [5.74, 6) is 1.55. The Kier molecular flexibility index (Phi) is 5.76. The van der Waals surface area contributed by atoms with Crippen LogP contribution < -0.4 is 14.8 Å². The molecular weight excluding hydrogens is 329 g/mol. The van der Waals surface area contributed by atoms with Crippen LogP contribution in [0.25, 0.3) is 0 Å². The molecule has 1 unspecified atom stereocenters. The Labute approximate surface area is 138 Å². The zero-order valence-electron chi connectivity index (χ0n) is 12.1. The van der Waals surface area contributed by atoms with Crippen molar-refractivity contribution in [1.82, 2.24) is 5.32 Å². The van der Waals surface area contributed by atoms with Gasteiger partial charge in [-0.25, -0.2) is 0 Å². The summed E-state index contributed by atoms with van der Waals surface area (Å²) >= 11 is 13.8. The van der Waals surface area contributed by atoms with E-state index in [2.05, 4.69) is 5.32 Å². The Bertz CT molecular complexity index is 616. The van der Waals surface area contributed by atoms with Crippen molar-refractivity contribution < 1.29 is 9.47 Å². The van der Waals surface area contributed by atoms with Gasteiger partial charge in [-0.1, -0.05) is 30.1 Å². The van der Waals surface area contributed by atoms with E-state index in [1.807, 2.05) is 31.2 Å². The molecule has 114 valence electrons. The second kappa shape index (κ2) is 7.36. The monoisotopic (exact) mass is 345 g/mol. The molecule has 1 N–H and O–H groups in total. The van der Waals surface area contributed by atoms with E-state index >= 15 is 0 Å². The molecule has 3 nitrogen and oxygen atoms in total. The minimum absolute atomic E-state index is 0.101. The molecule has 0 bridgehead atoms. The molecular formula is C15H17Cl2NO2S. The van der Waals surface area contributed by atoms with Gasteiger partial charge in [0.15, 0.2) is 0 Å². The van der Waals surface area contributed by atoms with E-state index < -0.39 is 0 Å². The van der Waals surface area contributed by atoms with E-state index in [4.69, 9.17) is 32.7 Å². The van der Waals surface area contributed by atoms with Gasteiger partial charge in [0.1, 0.15) is 11.5 Å². The van der Waals surface area contributed by atoms with Crippen molar-refractivity contribution in [2.75, 3.05) is 20.8 Å². The topological polar surface area (TPSA) is 30.5 Å². The summed E-state index contributed by atoms with van der Waals surface area (Å²) in [7, 11) is 3.29. The molecule has 1 atom stereocenters. The van der Waals surface area contributed by atoms with Crippen molar-refractivity contribution in [2.45, 2.75) is 13.0 Å². The van der Waals surface area contributed by atoms with Gasteiger partial charge in [0, 0.05) is 11.1 Å². The summed E-state index contributed by atoms with van der Waals surface area (Å²) in [6.45, 7) is 2.83. The number of thiophene rings is 1. The van der Waals surface area contributed by atoms with Crippen molar-refractivity contribution in [1.29, 1.82) is 0 Å². The molecule has 21 heavy (non-hydrogen) atoms. The molecule has 0 radical (unpaired) electrons. The lowest BCUT2D eigenvalue weighted by molar-refractivity contribution is 0.394. The number of benzene rings is 1. The normalized spacial score (nSPS) is 12.2. The van der Waals surface area contributed by atoms with Gasteiger partial charge in [0.2, 0.25) is 0 Å². The van der Waals surface area contributed by atoms with Crippen LogP contribution in [0.3, 0.4) is 0 Å². The zero-order chi connectivity index (χ0) is 15.4. The van der Waals surface area contributed by atoms with E-state index in [1.165, 1.54) is 11.3 Å². The van der Waals surface area contributed by atoms with Crippen LogP contribution in [0.15, 0.2) is 24.3 Å². The second-order valence-electron chi connectivity index (χ2n) is 4.38. The van der Waals surface area contributed by atoms with Crippen LogP contribution in [0.1, 0.15) is 24.1 Å². The van der Waals surface area contributed by atoms with Crippen LogP contribution >= 0.6 is 34.5 Å². The zero-order valence-corrected chi connectivity index (χ0v) is 14.4. The Morgan fingerprint density at radius 2 is 1.90 bits per heavy atom. The smallest absolute Gasteiger partial charge is 0.124 e. The first-order valence-corrected chi connectivity index (χ1v) is 8.08.